The molecular formula is C8H6N4O3. The maximum atomic E-state index is 10.3. The van der Waals surface area contributed by atoms with E-state index in [1.807, 2.05) is 0 Å². The van der Waals surface area contributed by atoms with E-state index in [9.17, 15) is 10.1 Å². The van der Waals surface area contributed by atoms with E-state index in [-0.39, 0.29) is 5.88 Å². The summed E-state index contributed by atoms with van der Waals surface area (Å²) in [6.07, 6.45) is 4.54. The maximum Gasteiger partial charge on any atom is 0.433 e. The summed E-state index contributed by atoms with van der Waals surface area (Å²) in [6.45, 7) is 0. The van der Waals surface area contributed by atoms with Crippen molar-refractivity contribution in [1.29, 1.82) is 0 Å². The number of rotatable bonds is 3. The summed E-state index contributed by atoms with van der Waals surface area (Å²) in [4.78, 5) is 13.6. The SMILES string of the molecule is O=[N+]([O-])c1ccc(/C=C\c2ncn[nH]2)o1. The van der Waals surface area contributed by atoms with E-state index in [0.717, 1.165) is 0 Å². The van der Waals surface area contributed by atoms with Gasteiger partial charge in [0, 0.05) is 0 Å². The first-order chi connectivity index (χ1) is 7.25. The Morgan fingerprint density at radius 1 is 1.47 bits per heavy atom. The van der Waals surface area contributed by atoms with Crippen LogP contribution < -0.4 is 0 Å². The Labute approximate surface area is 83.6 Å². The number of hydrogen-bond acceptors (Lipinski definition) is 5. The van der Waals surface area contributed by atoms with Gasteiger partial charge in [0.15, 0.2) is 0 Å². The molecule has 2 aromatic rings. The van der Waals surface area contributed by atoms with Crippen LogP contribution in [0.25, 0.3) is 12.2 Å². The van der Waals surface area contributed by atoms with Crippen LogP contribution in [0.1, 0.15) is 11.6 Å². The van der Waals surface area contributed by atoms with Gasteiger partial charge in [-0.2, -0.15) is 5.10 Å². The maximum absolute atomic E-state index is 10.3. The van der Waals surface area contributed by atoms with Gasteiger partial charge in [0.2, 0.25) is 0 Å². The molecule has 0 aliphatic carbocycles. The number of H-pyrrole nitrogens is 1. The lowest BCUT2D eigenvalue weighted by Gasteiger charge is -1.83. The van der Waals surface area contributed by atoms with E-state index >= 15 is 0 Å². The number of aromatic amines is 1. The van der Waals surface area contributed by atoms with Gasteiger partial charge in [-0.3, -0.25) is 15.2 Å². The molecule has 0 fully saturated rings. The molecule has 0 saturated carbocycles. The summed E-state index contributed by atoms with van der Waals surface area (Å²) in [5.74, 6) is 0.652. The highest BCUT2D eigenvalue weighted by Crippen LogP contribution is 2.17. The largest absolute Gasteiger partial charge is 0.433 e. The van der Waals surface area contributed by atoms with Crippen molar-refractivity contribution in [3.63, 3.8) is 0 Å². The predicted octanol–water partition coefficient (Wildman–Crippen LogP) is 1.48. The summed E-state index contributed by atoms with van der Waals surface area (Å²) < 4.78 is 4.90. The first-order valence-corrected chi connectivity index (χ1v) is 4.03. The van der Waals surface area contributed by atoms with Crippen molar-refractivity contribution < 1.29 is 9.34 Å². The number of nitrogens with one attached hydrogen (secondary N) is 1. The molecule has 15 heavy (non-hydrogen) atoms. The zero-order valence-electron chi connectivity index (χ0n) is 7.45. The van der Waals surface area contributed by atoms with Crippen LogP contribution in [-0.4, -0.2) is 20.1 Å². The zero-order chi connectivity index (χ0) is 10.7. The third-order valence-electron chi connectivity index (χ3n) is 1.63. The Kier molecular flexibility index (Phi) is 2.28. The second kappa shape index (κ2) is 3.74. The molecule has 7 heteroatoms. The minimum absolute atomic E-state index is 0.285. The minimum Gasteiger partial charge on any atom is -0.401 e. The molecule has 2 heterocycles. The van der Waals surface area contributed by atoms with Crippen LogP contribution in [-0.2, 0) is 0 Å². The van der Waals surface area contributed by atoms with Gasteiger partial charge < -0.3 is 4.42 Å². The van der Waals surface area contributed by atoms with Crippen molar-refractivity contribution in [3.8, 4) is 0 Å². The Balaban J connectivity index is 2.14. The van der Waals surface area contributed by atoms with Crippen molar-refractivity contribution in [2.75, 3.05) is 0 Å². The normalized spacial score (nSPS) is 10.9. The number of aromatic nitrogens is 3. The smallest absolute Gasteiger partial charge is 0.401 e. The van der Waals surface area contributed by atoms with Crippen molar-refractivity contribution in [2.24, 2.45) is 0 Å². The van der Waals surface area contributed by atoms with Gasteiger partial charge in [0.05, 0.1) is 6.07 Å². The molecule has 0 aromatic carbocycles. The molecule has 1 N–H and O–H groups in total. The number of nitrogens with zero attached hydrogens (tertiary/aromatic N) is 3. The highest BCUT2D eigenvalue weighted by atomic mass is 16.6. The molecule has 0 aliphatic heterocycles. The molecule has 7 nitrogen and oxygen atoms in total. The monoisotopic (exact) mass is 206 g/mol. The van der Waals surface area contributed by atoms with Crippen LogP contribution in [0.15, 0.2) is 22.9 Å². The third kappa shape index (κ3) is 2.08. The lowest BCUT2D eigenvalue weighted by atomic mass is 10.4. The van der Waals surface area contributed by atoms with Crippen LogP contribution >= 0.6 is 0 Å². The van der Waals surface area contributed by atoms with Crippen molar-refractivity contribution in [2.45, 2.75) is 0 Å². The lowest BCUT2D eigenvalue weighted by molar-refractivity contribution is -0.402. The van der Waals surface area contributed by atoms with Crippen molar-refractivity contribution in [3.05, 3.63) is 40.2 Å². The van der Waals surface area contributed by atoms with E-state index in [4.69, 9.17) is 4.42 Å². The molecule has 0 radical (unpaired) electrons. The molecule has 0 spiro atoms. The molecule has 0 atom stereocenters. The van der Waals surface area contributed by atoms with Gasteiger partial charge in [-0.1, -0.05) is 0 Å². The van der Waals surface area contributed by atoms with Gasteiger partial charge in [-0.05, 0) is 18.2 Å². The minimum atomic E-state index is -0.591. The van der Waals surface area contributed by atoms with E-state index in [0.29, 0.717) is 11.6 Å². The standard InChI is InChI=1S/C8H6N4O3/c13-12(14)8-4-2-6(15-8)1-3-7-9-5-10-11-7/h1-5H,(H,9,10,11)/b3-1-. The Bertz CT molecular complexity index is 486. The van der Waals surface area contributed by atoms with Crippen molar-refractivity contribution in [1.82, 2.24) is 15.2 Å². The van der Waals surface area contributed by atoms with Gasteiger partial charge in [0.25, 0.3) is 0 Å². The second-order valence-electron chi connectivity index (χ2n) is 2.64. The summed E-state index contributed by atoms with van der Waals surface area (Å²) in [5.41, 5.74) is 0. The number of furan rings is 1. The highest BCUT2D eigenvalue weighted by Gasteiger charge is 2.09. The van der Waals surface area contributed by atoms with Crippen LogP contribution in [0.4, 0.5) is 5.88 Å². The molecule has 0 unspecified atom stereocenters. The molecule has 76 valence electrons. The molecule has 2 aromatic heterocycles. The lowest BCUT2D eigenvalue weighted by Crippen LogP contribution is -1.82. The Morgan fingerprint density at radius 3 is 2.93 bits per heavy atom. The fourth-order valence-corrected chi connectivity index (χ4v) is 0.986. The topological polar surface area (TPSA) is 97.9 Å². The molecule has 0 aliphatic rings. The van der Waals surface area contributed by atoms with Gasteiger partial charge in [-0.25, -0.2) is 4.98 Å². The average Bonchev–Trinajstić information content (AvgIpc) is 2.86. The summed E-state index contributed by atoms with van der Waals surface area (Å²) in [5, 5.41) is 16.6. The quantitative estimate of drug-likeness (QED) is 0.605. The number of hydrogen-bond donors (Lipinski definition) is 1. The summed E-state index contributed by atoms with van der Waals surface area (Å²) >= 11 is 0. The second-order valence-corrected chi connectivity index (χ2v) is 2.64. The first kappa shape index (κ1) is 9.13. The third-order valence-corrected chi connectivity index (χ3v) is 1.63. The molecule has 0 bridgehead atoms. The van der Waals surface area contributed by atoms with E-state index in [1.54, 1.807) is 12.2 Å². The van der Waals surface area contributed by atoms with Gasteiger partial charge in [0.1, 0.15) is 22.8 Å². The zero-order valence-corrected chi connectivity index (χ0v) is 7.45. The van der Waals surface area contributed by atoms with Gasteiger partial charge >= 0.3 is 5.88 Å². The summed E-state index contributed by atoms with van der Waals surface area (Å²) in [6, 6.07) is 2.80. The van der Waals surface area contributed by atoms with E-state index in [2.05, 4.69) is 15.2 Å². The molecular weight excluding hydrogens is 200 g/mol. The van der Waals surface area contributed by atoms with Crippen LogP contribution in [0.3, 0.4) is 0 Å². The highest BCUT2D eigenvalue weighted by molar-refractivity contribution is 5.63. The van der Waals surface area contributed by atoms with Crippen LogP contribution in [0.2, 0.25) is 0 Å². The fourth-order valence-electron chi connectivity index (χ4n) is 0.986. The van der Waals surface area contributed by atoms with E-state index in [1.165, 1.54) is 18.5 Å². The van der Waals surface area contributed by atoms with Crippen molar-refractivity contribution >= 4 is 18.0 Å². The Hall–Kier alpha value is -2.44. The fraction of sp³-hybridized carbons (Fsp3) is 0. The van der Waals surface area contributed by atoms with E-state index < -0.39 is 4.92 Å². The Morgan fingerprint density at radius 2 is 2.33 bits per heavy atom. The molecule has 0 amide bonds. The molecule has 2 rings (SSSR count). The van der Waals surface area contributed by atoms with Crippen LogP contribution in [0, 0.1) is 10.1 Å². The number of nitro groups is 1. The van der Waals surface area contributed by atoms with Crippen LogP contribution in [0.5, 0.6) is 0 Å². The first-order valence-electron chi connectivity index (χ1n) is 4.03. The molecule has 0 saturated heterocycles. The predicted molar refractivity (Wildman–Crippen MR) is 50.7 cm³/mol. The van der Waals surface area contributed by atoms with Gasteiger partial charge in [-0.15, -0.1) is 0 Å². The average molecular weight is 206 g/mol. The summed E-state index contributed by atoms with van der Waals surface area (Å²) in [7, 11) is 0.